The van der Waals surface area contributed by atoms with Crippen molar-refractivity contribution in [3.05, 3.63) is 24.3 Å². The predicted molar refractivity (Wildman–Crippen MR) is 112 cm³/mol. The molecule has 0 saturated carbocycles. The van der Waals surface area contributed by atoms with Crippen molar-refractivity contribution in [1.29, 1.82) is 0 Å². The van der Waals surface area contributed by atoms with Crippen LogP contribution in [0.5, 0.6) is 0 Å². The summed E-state index contributed by atoms with van der Waals surface area (Å²) < 4.78 is 53.2. The fourth-order valence-electron chi connectivity index (χ4n) is 3.81. The number of rotatable bonds is 6. The van der Waals surface area contributed by atoms with Crippen LogP contribution in [-0.4, -0.2) is 58.6 Å². The Bertz CT molecular complexity index is 966. The second-order valence-electron chi connectivity index (χ2n) is 8.46. The van der Waals surface area contributed by atoms with E-state index in [0.29, 0.717) is 0 Å². The van der Waals surface area contributed by atoms with Crippen molar-refractivity contribution in [3.63, 3.8) is 0 Å². The van der Waals surface area contributed by atoms with Crippen LogP contribution in [0.3, 0.4) is 0 Å². The summed E-state index contributed by atoms with van der Waals surface area (Å²) in [4.78, 5) is 14.5. The number of benzene rings is 1. The highest BCUT2D eigenvalue weighted by Gasteiger charge is 2.42. The van der Waals surface area contributed by atoms with Gasteiger partial charge in [0.2, 0.25) is 26.0 Å². The highest BCUT2D eigenvalue weighted by molar-refractivity contribution is 7.94. The largest absolute Gasteiger partial charge is 0.297 e. The molecular weight excluding hydrogens is 414 g/mol. The van der Waals surface area contributed by atoms with E-state index >= 15 is 0 Å². The molecule has 10 heteroatoms. The zero-order valence-electron chi connectivity index (χ0n) is 17.1. The molecule has 1 N–H and O–H groups in total. The SMILES string of the molecule is CC1CS(=O)(=O)N(c2ccc(S(=O)(=O)NCC(C)(C)N3CCCCC3)cc2)C1=O. The Labute approximate surface area is 173 Å². The zero-order chi connectivity index (χ0) is 21.4. The third-order valence-corrected chi connectivity index (χ3v) is 8.93. The van der Waals surface area contributed by atoms with Crippen LogP contribution < -0.4 is 9.03 Å². The van der Waals surface area contributed by atoms with Crippen molar-refractivity contribution in [3.8, 4) is 0 Å². The first-order valence-electron chi connectivity index (χ1n) is 9.86. The molecule has 0 aliphatic carbocycles. The molecule has 29 heavy (non-hydrogen) atoms. The van der Waals surface area contributed by atoms with Gasteiger partial charge in [-0.15, -0.1) is 0 Å². The summed E-state index contributed by atoms with van der Waals surface area (Å²) in [7, 11) is -7.47. The lowest BCUT2D eigenvalue weighted by Crippen LogP contribution is -2.53. The van der Waals surface area contributed by atoms with Gasteiger partial charge in [0.05, 0.1) is 22.3 Å². The van der Waals surface area contributed by atoms with E-state index < -0.39 is 31.9 Å². The Morgan fingerprint density at radius 1 is 1.10 bits per heavy atom. The van der Waals surface area contributed by atoms with Crippen molar-refractivity contribution < 1.29 is 21.6 Å². The van der Waals surface area contributed by atoms with E-state index in [1.165, 1.54) is 30.7 Å². The Balaban J connectivity index is 1.72. The second kappa shape index (κ2) is 7.98. The molecule has 1 aromatic carbocycles. The second-order valence-corrected chi connectivity index (χ2v) is 12.1. The van der Waals surface area contributed by atoms with E-state index in [1.54, 1.807) is 6.92 Å². The van der Waals surface area contributed by atoms with Crippen molar-refractivity contribution >= 4 is 31.6 Å². The van der Waals surface area contributed by atoms with Crippen LogP contribution >= 0.6 is 0 Å². The van der Waals surface area contributed by atoms with Gasteiger partial charge < -0.3 is 0 Å². The minimum atomic E-state index is -3.76. The molecule has 0 radical (unpaired) electrons. The van der Waals surface area contributed by atoms with Gasteiger partial charge in [0.15, 0.2) is 0 Å². The van der Waals surface area contributed by atoms with Crippen LogP contribution in [0.1, 0.15) is 40.0 Å². The molecule has 2 saturated heterocycles. The number of nitrogens with one attached hydrogen (secondary N) is 1. The molecule has 162 valence electrons. The molecule has 1 amide bonds. The normalized spacial score (nSPS) is 23.5. The number of carbonyl (C=O) groups is 1. The van der Waals surface area contributed by atoms with Crippen LogP contribution in [0, 0.1) is 5.92 Å². The molecule has 2 fully saturated rings. The van der Waals surface area contributed by atoms with Gasteiger partial charge in [0.1, 0.15) is 0 Å². The number of carbonyl (C=O) groups excluding carboxylic acids is 1. The average Bonchev–Trinajstić information content (AvgIpc) is 2.88. The summed E-state index contributed by atoms with van der Waals surface area (Å²) in [6.45, 7) is 7.80. The summed E-state index contributed by atoms with van der Waals surface area (Å²) in [5, 5.41) is 0. The van der Waals surface area contributed by atoms with Gasteiger partial charge >= 0.3 is 0 Å². The Morgan fingerprint density at radius 3 is 2.21 bits per heavy atom. The molecule has 1 unspecified atom stereocenters. The third-order valence-electron chi connectivity index (χ3n) is 5.65. The Kier molecular flexibility index (Phi) is 6.11. The number of piperidine rings is 1. The van der Waals surface area contributed by atoms with Crippen LogP contribution in [0.2, 0.25) is 0 Å². The number of likely N-dealkylation sites (tertiary alicyclic amines) is 1. The molecule has 0 bridgehead atoms. The molecule has 1 aromatic rings. The van der Waals surface area contributed by atoms with Gasteiger partial charge in [-0.3, -0.25) is 9.69 Å². The minimum Gasteiger partial charge on any atom is -0.297 e. The van der Waals surface area contributed by atoms with Crippen molar-refractivity contribution in [1.82, 2.24) is 9.62 Å². The lowest BCUT2D eigenvalue weighted by molar-refractivity contribution is -0.119. The van der Waals surface area contributed by atoms with E-state index in [-0.39, 0.29) is 28.4 Å². The quantitative estimate of drug-likeness (QED) is 0.715. The van der Waals surface area contributed by atoms with Crippen LogP contribution in [0.15, 0.2) is 29.2 Å². The number of hydrogen-bond donors (Lipinski definition) is 1. The van der Waals surface area contributed by atoms with E-state index in [1.807, 2.05) is 13.8 Å². The molecule has 8 nitrogen and oxygen atoms in total. The molecule has 0 aromatic heterocycles. The summed E-state index contributed by atoms with van der Waals surface area (Å²) in [5.74, 6) is -1.34. The molecule has 2 aliphatic rings. The number of hydrogen-bond acceptors (Lipinski definition) is 6. The third kappa shape index (κ3) is 4.65. The van der Waals surface area contributed by atoms with Crippen LogP contribution in [-0.2, 0) is 24.8 Å². The number of amides is 1. The predicted octanol–water partition coefficient (Wildman–Crippen LogP) is 1.54. The highest BCUT2D eigenvalue weighted by atomic mass is 32.2. The summed E-state index contributed by atoms with van der Waals surface area (Å²) in [6.07, 6.45) is 3.45. The molecule has 2 heterocycles. The monoisotopic (exact) mass is 443 g/mol. The summed E-state index contributed by atoms with van der Waals surface area (Å²) >= 11 is 0. The van der Waals surface area contributed by atoms with Gasteiger partial charge in [-0.2, -0.15) is 0 Å². The van der Waals surface area contributed by atoms with Gasteiger partial charge in [-0.05, 0) is 64.0 Å². The fourth-order valence-corrected chi connectivity index (χ4v) is 6.84. The van der Waals surface area contributed by atoms with Crippen molar-refractivity contribution in [2.45, 2.75) is 50.5 Å². The highest BCUT2D eigenvalue weighted by Crippen LogP contribution is 2.29. The maximum atomic E-state index is 12.7. The van der Waals surface area contributed by atoms with Gasteiger partial charge in [-0.25, -0.2) is 25.9 Å². The fraction of sp³-hybridized carbons (Fsp3) is 0.632. The smallest absolute Gasteiger partial charge is 0.244 e. The molecular formula is C19H29N3O5S2. The number of sulfonamides is 2. The van der Waals surface area contributed by atoms with Gasteiger partial charge in [0.25, 0.3) is 0 Å². The zero-order valence-corrected chi connectivity index (χ0v) is 18.7. The van der Waals surface area contributed by atoms with Gasteiger partial charge in [-0.1, -0.05) is 13.3 Å². The lowest BCUT2D eigenvalue weighted by Gasteiger charge is -2.41. The number of nitrogens with zero attached hydrogens (tertiary/aromatic N) is 2. The molecule has 3 rings (SSSR count). The van der Waals surface area contributed by atoms with E-state index in [9.17, 15) is 21.6 Å². The van der Waals surface area contributed by atoms with Crippen molar-refractivity contribution in [2.75, 3.05) is 29.7 Å². The molecule has 0 spiro atoms. The maximum Gasteiger partial charge on any atom is 0.244 e. The topological polar surface area (TPSA) is 104 Å². The lowest BCUT2D eigenvalue weighted by atomic mass is 9.99. The molecule has 1 atom stereocenters. The van der Waals surface area contributed by atoms with E-state index in [4.69, 9.17) is 0 Å². The Hall–Kier alpha value is -1.49. The molecule has 2 aliphatic heterocycles. The standard InChI is InChI=1S/C19H29N3O5S2/c1-15-13-28(24,25)22(18(15)23)16-7-9-17(10-8-16)29(26,27)20-14-19(2,3)21-11-5-4-6-12-21/h7-10,15,20H,4-6,11-14H2,1-3H3. The minimum absolute atomic E-state index is 0.0350. The Morgan fingerprint density at radius 2 is 1.69 bits per heavy atom. The first-order chi connectivity index (χ1) is 13.4. The van der Waals surface area contributed by atoms with Gasteiger partial charge in [0, 0.05) is 12.1 Å². The maximum absolute atomic E-state index is 12.7. The first-order valence-corrected chi connectivity index (χ1v) is 12.9. The average molecular weight is 444 g/mol. The van der Waals surface area contributed by atoms with Crippen LogP contribution in [0.25, 0.3) is 0 Å². The van der Waals surface area contributed by atoms with Crippen LogP contribution in [0.4, 0.5) is 5.69 Å². The van der Waals surface area contributed by atoms with E-state index in [0.717, 1.165) is 30.2 Å². The summed E-state index contributed by atoms with van der Waals surface area (Å²) in [5.41, 5.74) is -0.147. The van der Waals surface area contributed by atoms with E-state index in [2.05, 4.69) is 9.62 Å². The van der Waals surface area contributed by atoms with Crippen molar-refractivity contribution in [2.24, 2.45) is 5.92 Å². The number of anilines is 1. The first kappa shape index (κ1) is 22.2. The summed E-state index contributed by atoms with van der Waals surface area (Å²) in [6, 6.07) is 5.38.